The largest absolute Gasteiger partial charge is 0.354 e. The fraction of sp³-hybridized carbons (Fsp3) is 0.586. The minimum absolute atomic E-state index is 0. The van der Waals surface area contributed by atoms with Crippen molar-refractivity contribution < 1.29 is 14.0 Å². The van der Waals surface area contributed by atoms with Crippen LogP contribution < -0.4 is 22.5 Å². The number of piperidine rings is 1. The maximum atomic E-state index is 15.2. The Kier molecular flexibility index (Phi) is 9.61. The number of benzene rings is 1. The second-order valence-corrected chi connectivity index (χ2v) is 12.1. The average Bonchev–Trinajstić information content (AvgIpc) is 3.41. The average molecular weight is 605 g/mol. The summed E-state index contributed by atoms with van der Waals surface area (Å²) < 4.78 is 16.4. The third-order valence-electron chi connectivity index (χ3n) is 8.87. The van der Waals surface area contributed by atoms with E-state index in [-0.39, 0.29) is 36.0 Å². The molecule has 1 aliphatic carbocycles. The molecule has 2 aromatic rings. The van der Waals surface area contributed by atoms with Gasteiger partial charge in [-0.05, 0) is 74.8 Å². The first-order valence-electron chi connectivity index (χ1n) is 14.5. The van der Waals surface area contributed by atoms with Gasteiger partial charge in [-0.2, -0.15) is 4.98 Å². The van der Waals surface area contributed by atoms with Gasteiger partial charge in [0.1, 0.15) is 11.6 Å². The number of carbonyl (C=O) groups excluding carboxylic acids is 2. The number of carbonyl (C=O) groups is 2. The lowest BCUT2D eigenvalue weighted by Gasteiger charge is -2.37. The topological polar surface area (TPSA) is 143 Å². The number of hydrogen-bond donors (Lipinski definition) is 3. The normalized spacial score (nSPS) is 22.8. The summed E-state index contributed by atoms with van der Waals surface area (Å²) in [6.45, 7) is 9.69. The van der Waals surface area contributed by atoms with E-state index in [4.69, 9.17) is 11.5 Å². The van der Waals surface area contributed by atoms with Crippen molar-refractivity contribution in [2.45, 2.75) is 45.2 Å². The molecule has 3 amide bonds. The van der Waals surface area contributed by atoms with E-state index in [2.05, 4.69) is 22.1 Å². The van der Waals surface area contributed by atoms with Crippen LogP contribution in [0.25, 0.3) is 5.69 Å². The van der Waals surface area contributed by atoms with Gasteiger partial charge in [0.05, 0.1) is 11.2 Å². The summed E-state index contributed by atoms with van der Waals surface area (Å²) in [5.74, 6) is 1.62. The molecule has 3 aliphatic rings. The van der Waals surface area contributed by atoms with Crippen molar-refractivity contribution in [3.8, 4) is 5.69 Å². The number of rotatable bonds is 8. The molecule has 11 nitrogen and oxygen atoms in total. The molecule has 3 heterocycles. The maximum absolute atomic E-state index is 15.2. The molecule has 230 valence electrons. The number of aromatic nitrogens is 2. The van der Waals surface area contributed by atoms with Crippen molar-refractivity contribution in [2.24, 2.45) is 29.2 Å². The van der Waals surface area contributed by atoms with Gasteiger partial charge >= 0.3 is 11.7 Å². The summed E-state index contributed by atoms with van der Waals surface area (Å²) in [7, 11) is 0. The summed E-state index contributed by atoms with van der Waals surface area (Å²) in [5.41, 5.74) is 11.1. The second-order valence-electron chi connectivity index (χ2n) is 12.1. The Balaban J connectivity index is 0.00000405. The number of nitrogens with zero attached hydrogens (tertiary/aromatic N) is 5. The van der Waals surface area contributed by atoms with Gasteiger partial charge in [0.2, 0.25) is 5.91 Å². The molecule has 1 aromatic heterocycles. The molecule has 0 spiro atoms. The highest BCUT2D eigenvalue weighted by Gasteiger charge is 2.55. The second kappa shape index (κ2) is 12.7. The van der Waals surface area contributed by atoms with Gasteiger partial charge in [-0.15, -0.1) is 12.4 Å². The Labute approximate surface area is 251 Å². The van der Waals surface area contributed by atoms with E-state index < -0.39 is 17.3 Å². The number of fused-ring (bicyclic) bond motifs is 1. The molecule has 5 N–H and O–H groups in total. The van der Waals surface area contributed by atoms with Crippen LogP contribution in [0.5, 0.6) is 0 Å². The lowest BCUT2D eigenvalue weighted by atomic mass is 10.0. The fourth-order valence-corrected chi connectivity index (χ4v) is 6.34. The summed E-state index contributed by atoms with van der Waals surface area (Å²) in [5, 5.41) is 2.64. The standard InChI is InChI=1S/C29H41FN8O3.ClH/c1-4-19(37-16-22-21(15-31)23(22)17-37)13-18-5-6-20(14-24(18)30)38-8-7-25(34-28(38)41)33-27(40)36-11-9-35(10-12-36)26(39)29(2,3)32;/h5-8,14,19,21-23H,4,9-13,15-17,31-32H2,1-3H3,(H,33,34,40,41);1H. The van der Waals surface area contributed by atoms with E-state index in [0.717, 1.165) is 26.1 Å². The number of likely N-dealkylation sites (tertiary alicyclic amines) is 1. The van der Waals surface area contributed by atoms with Crippen LogP contribution in [0.2, 0.25) is 0 Å². The van der Waals surface area contributed by atoms with Gasteiger partial charge in [-0.3, -0.25) is 19.6 Å². The van der Waals surface area contributed by atoms with Gasteiger partial charge < -0.3 is 21.3 Å². The molecule has 42 heavy (non-hydrogen) atoms. The molecule has 3 atom stereocenters. The van der Waals surface area contributed by atoms with Crippen LogP contribution in [0, 0.1) is 23.6 Å². The number of nitrogens with one attached hydrogen (secondary N) is 1. The van der Waals surface area contributed by atoms with Crippen LogP contribution >= 0.6 is 12.4 Å². The number of anilines is 1. The van der Waals surface area contributed by atoms with E-state index in [0.29, 0.717) is 61.6 Å². The van der Waals surface area contributed by atoms with Crippen molar-refractivity contribution in [1.29, 1.82) is 0 Å². The van der Waals surface area contributed by atoms with Crippen molar-refractivity contribution in [3.05, 3.63) is 52.3 Å². The molecule has 5 rings (SSSR count). The summed E-state index contributed by atoms with van der Waals surface area (Å²) in [4.78, 5) is 47.5. The Hall–Kier alpha value is -3.06. The molecule has 1 saturated carbocycles. The van der Waals surface area contributed by atoms with Crippen LogP contribution in [0.1, 0.15) is 32.8 Å². The molecule has 3 unspecified atom stereocenters. The summed E-state index contributed by atoms with van der Waals surface area (Å²) in [6, 6.07) is 6.18. The first-order chi connectivity index (χ1) is 19.5. The van der Waals surface area contributed by atoms with Crippen LogP contribution in [0.4, 0.5) is 15.0 Å². The van der Waals surface area contributed by atoms with E-state index >= 15 is 4.39 Å². The molecule has 2 aliphatic heterocycles. The number of urea groups is 1. The number of halogens is 2. The number of hydrogen-bond acceptors (Lipinski definition) is 7. The first kappa shape index (κ1) is 31.9. The summed E-state index contributed by atoms with van der Waals surface area (Å²) >= 11 is 0. The highest BCUT2D eigenvalue weighted by molar-refractivity contribution is 5.89. The van der Waals surface area contributed by atoms with Crippen molar-refractivity contribution in [1.82, 2.24) is 24.3 Å². The smallest absolute Gasteiger partial charge is 0.338 e. The minimum Gasteiger partial charge on any atom is -0.338 e. The molecular weight excluding hydrogens is 563 g/mol. The molecule has 1 aromatic carbocycles. The molecule has 13 heteroatoms. The predicted molar refractivity (Wildman–Crippen MR) is 161 cm³/mol. The SMILES string of the molecule is CCC(Cc1ccc(-n2ccc(NC(=O)N3CCN(C(=O)C(C)(C)N)CC3)nc2=O)cc1F)N1CC2C(CN)C2C1.Cl. The van der Waals surface area contributed by atoms with Gasteiger partial charge in [0.15, 0.2) is 0 Å². The Bertz CT molecular complexity index is 1350. The Morgan fingerprint density at radius 1 is 1.12 bits per heavy atom. The molecule has 3 fully saturated rings. The molecule has 2 saturated heterocycles. The summed E-state index contributed by atoms with van der Waals surface area (Å²) in [6.07, 6.45) is 3.02. The molecule has 0 bridgehead atoms. The monoisotopic (exact) mass is 604 g/mol. The maximum Gasteiger partial charge on any atom is 0.354 e. The van der Waals surface area contributed by atoms with Gasteiger partial charge in [-0.25, -0.2) is 14.0 Å². The van der Waals surface area contributed by atoms with Crippen molar-refractivity contribution >= 4 is 30.2 Å². The zero-order valence-electron chi connectivity index (χ0n) is 24.5. The lowest BCUT2D eigenvalue weighted by molar-refractivity contribution is -0.137. The van der Waals surface area contributed by atoms with Crippen LogP contribution in [-0.4, -0.2) is 93.6 Å². The fourth-order valence-electron chi connectivity index (χ4n) is 6.34. The molecule has 0 radical (unpaired) electrons. The van der Waals surface area contributed by atoms with Gasteiger partial charge in [0.25, 0.3) is 0 Å². The number of nitrogens with two attached hydrogens (primary N) is 2. The highest BCUT2D eigenvalue weighted by atomic mass is 35.5. The van der Waals surface area contributed by atoms with E-state index in [9.17, 15) is 14.4 Å². The third-order valence-corrected chi connectivity index (χ3v) is 8.87. The van der Waals surface area contributed by atoms with Crippen LogP contribution in [0.3, 0.4) is 0 Å². The van der Waals surface area contributed by atoms with Crippen LogP contribution in [0.15, 0.2) is 35.3 Å². The van der Waals surface area contributed by atoms with Crippen molar-refractivity contribution in [3.63, 3.8) is 0 Å². The van der Waals surface area contributed by atoms with Crippen molar-refractivity contribution in [2.75, 3.05) is 51.1 Å². The first-order valence-corrected chi connectivity index (χ1v) is 14.5. The zero-order chi connectivity index (χ0) is 29.5. The Morgan fingerprint density at radius 3 is 2.31 bits per heavy atom. The lowest BCUT2D eigenvalue weighted by Crippen LogP contribution is -2.58. The third kappa shape index (κ3) is 6.61. The molecular formula is C29H42ClFN8O3. The minimum atomic E-state index is -0.970. The Morgan fingerprint density at radius 2 is 1.76 bits per heavy atom. The van der Waals surface area contributed by atoms with Gasteiger partial charge in [0, 0.05) is 51.5 Å². The van der Waals surface area contributed by atoms with E-state index in [1.165, 1.54) is 22.9 Å². The van der Waals surface area contributed by atoms with E-state index in [1.807, 2.05) is 0 Å². The quantitative estimate of drug-likeness (QED) is 0.416. The highest BCUT2D eigenvalue weighted by Crippen LogP contribution is 2.51. The van der Waals surface area contributed by atoms with Gasteiger partial charge in [-0.1, -0.05) is 13.0 Å². The van der Waals surface area contributed by atoms with E-state index in [1.54, 1.807) is 35.8 Å². The number of amides is 3. The number of piperazine rings is 1. The zero-order valence-corrected chi connectivity index (χ0v) is 25.3. The predicted octanol–water partition coefficient (Wildman–Crippen LogP) is 1.66. The van der Waals surface area contributed by atoms with Crippen LogP contribution in [-0.2, 0) is 11.2 Å².